The second-order valence-electron chi connectivity index (χ2n) is 6.03. The van der Waals surface area contributed by atoms with Gasteiger partial charge in [-0.1, -0.05) is 30.3 Å². The lowest BCUT2D eigenvalue weighted by molar-refractivity contribution is -0.123. The number of benzene rings is 3. The number of nitrogens with two attached hydrogens (primary N) is 1. The molecule has 1 atom stereocenters. The molecule has 2 amide bonds. The first-order valence-corrected chi connectivity index (χ1v) is 8.42. The molecule has 0 spiro atoms. The number of hydrogen-bond acceptors (Lipinski definition) is 3. The first kappa shape index (κ1) is 19.9. The molecule has 3 rings (SSSR count). The third-order valence-electron chi connectivity index (χ3n) is 3.98. The molecular formula is C21H15F3N2O3. The van der Waals surface area contributed by atoms with Crippen LogP contribution in [-0.2, 0) is 4.79 Å². The van der Waals surface area contributed by atoms with Gasteiger partial charge in [-0.05, 0) is 30.3 Å². The number of carbonyl (C=O) groups is 2. The molecule has 0 saturated heterocycles. The van der Waals surface area contributed by atoms with E-state index in [1.165, 1.54) is 12.1 Å². The van der Waals surface area contributed by atoms with Crippen molar-refractivity contribution in [3.63, 3.8) is 0 Å². The van der Waals surface area contributed by atoms with E-state index >= 15 is 0 Å². The lowest BCUT2D eigenvalue weighted by Gasteiger charge is -2.19. The molecule has 0 aliphatic heterocycles. The highest BCUT2D eigenvalue weighted by Crippen LogP contribution is 2.25. The van der Waals surface area contributed by atoms with Crippen LogP contribution in [0.1, 0.15) is 22.0 Å². The van der Waals surface area contributed by atoms with Gasteiger partial charge in [0.1, 0.15) is 11.6 Å². The largest absolute Gasteiger partial charge is 0.476 e. The van der Waals surface area contributed by atoms with Gasteiger partial charge in [-0.15, -0.1) is 0 Å². The normalized spacial score (nSPS) is 11.6. The SMILES string of the molecule is NC(=O)c1cc(NC(=O)C(Oc2ccc(F)c(F)c2)c2ccccc2)ccc1F. The number of primary amides is 1. The Balaban J connectivity index is 1.90. The first-order chi connectivity index (χ1) is 13.8. The number of anilines is 1. The number of halogens is 3. The van der Waals surface area contributed by atoms with Crippen LogP contribution in [0.15, 0.2) is 66.7 Å². The second-order valence-corrected chi connectivity index (χ2v) is 6.03. The van der Waals surface area contributed by atoms with Crippen LogP contribution in [0, 0.1) is 17.5 Å². The molecule has 1 unspecified atom stereocenters. The predicted molar refractivity (Wildman–Crippen MR) is 99.7 cm³/mol. The molecule has 3 N–H and O–H groups in total. The Kier molecular flexibility index (Phi) is 5.82. The number of rotatable bonds is 6. The van der Waals surface area contributed by atoms with Crippen molar-refractivity contribution in [2.45, 2.75) is 6.10 Å². The molecule has 29 heavy (non-hydrogen) atoms. The van der Waals surface area contributed by atoms with Gasteiger partial charge >= 0.3 is 0 Å². The van der Waals surface area contributed by atoms with Crippen LogP contribution >= 0.6 is 0 Å². The second kappa shape index (κ2) is 8.47. The lowest BCUT2D eigenvalue weighted by atomic mass is 10.1. The molecule has 0 saturated carbocycles. The van der Waals surface area contributed by atoms with Crippen LogP contribution in [0.5, 0.6) is 5.75 Å². The number of amides is 2. The Bertz CT molecular complexity index is 1060. The van der Waals surface area contributed by atoms with E-state index in [0.29, 0.717) is 5.56 Å². The van der Waals surface area contributed by atoms with Gasteiger partial charge in [-0.25, -0.2) is 13.2 Å². The quantitative estimate of drug-likeness (QED) is 0.657. The zero-order valence-corrected chi connectivity index (χ0v) is 14.9. The van der Waals surface area contributed by atoms with E-state index in [1.807, 2.05) is 0 Å². The average Bonchev–Trinajstić information content (AvgIpc) is 2.70. The van der Waals surface area contributed by atoms with E-state index in [2.05, 4.69) is 5.32 Å². The van der Waals surface area contributed by atoms with Gasteiger partial charge in [-0.3, -0.25) is 9.59 Å². The summed E-state index contributed by atoms with van der Waals surface area (Å²) in [5.41, 5.74) is 5.27. The number of hydrogen-bond donors (Lipinski definition) is 2. The molecule has 3 aromatic carbocycles. The molecule has 3 aromatic rings. The summed E-state index contributed by atoms with van der Waals surface area (Å²) < 4.78 is 45.9. The van der Waals surface area contributed by atoms with Gasteiger partial charge in [-0.2, -0.15) is 0 Å². The number of nitrogens with one attached hydrogen (secondary N) is 1. The van der Waals surface area contributed by atoms with E-state index in [4.69, 9.17) is 10.5 Å². The van der Waals surface area contributed by atoms with Crippen LogP contribution in [-0.4, -0.2) is 11.8 Å². The highest BCUT2D eigenvalue weighted by atomic mass is 19.2. The van der Waals surface area contributed by atoms with Crippen LogP contribution in [0.3, 0.4) is 0 Å². The third-order valence-corrected chi connectivity index (χ3v) is 3.98. The molecule has 5 nitrogen and oxygen atoms in total. The summed E-state index contributed by atoms with van der Waals surface area (Å²) in [7, 11) is 0. The average molecular weight is 400 g/mol. The topological polar surface area (TPSA) is 81.4 Å². The molecule has 0 aromatic heterocycles. The number of carbonyl (C=O) groups excluding carboxylic acids is 2. The standard InChI is InChI=1S/C21H15F3N2O3/c22-16-8-6-13(10-15(16)20(25)27)26-21(28)19(12-4-2-1-3-5-12)29-14-7-9-17(23)18(24)11-14/h1-11,19H,(H2,25,27)(H,26,28). The fourth-order valence-corrected chi connectivity index (χ4v) is 2.59. The fraction of sp³-hybridized carbons (Fsp3) is 0.0476. The maximum atomic E-state index is 13.6. The molecule has 8 heteroatoms. The molecular weight excluding hydrogens is 385 g/mol. The van der Waals surface area contributed by atoms with Crippen LogP contribution in [0.4, 0.5) is 18.9 Å². The van der Waals surface area contributed by atoms with Crippen molar-refractivity contribution in [1.29, 1.82) is 0 Å². The maximum absolute atomic E-state index is 13.6. The summed E-state index contributed by atoms with van der Waals surface area (Å²) >= 11 is 0. The van der Waals surface area contributed by atoms with Crippen molar-refractivity contribution >= 4 is 17.5 Å². The van der Waals surface area contributed by atoms with Crippen LogP contribution in [0.25, 0.3) is 0 Å². The molecule has 0 radical (unpaired) electrons. The monoisotopic (exact) mass is 400 g/mol. The zero-order valence-electron chi connectivity index (χ0n) is 14.9. The third kappa shape index (κ3) is 4.73. The summed E-state index contributed by atoms with van der Waals surface area (Å²) in [5, 5.41) is 2.50. The summed E-state index contributed by atoms with van der Waals surface area (Å²) in [6, 6.07) is 14.5. The highest BCUT2D eigenvalue weighted by molar-refractivity contribution is 5.98. The molecule has 148 valence electrons. The summed E-state index contributed by atoms with van der Waals surface area (Å²) in [6.45, 7) is 0. The van der Waals surface area contributed by atoms with E-state index in [9.17, 15) is 22.8 Å². The van der Waals surface area contributed by atoms with Gasteiger partial charge in [0.2, 0.25) is 6.10 Å². The van der Waals surface area contributed by atoms with E-state index in [-0.39, 0.29) is 17.0 Å². The predicted octanol–water partition coefficient (Wildman–Crippen LogP) is 3.96. The Morgan fingerprint density at radius 1 is 0.862 bits per heavy atom. The van der Waals surface area contributed by atoms with Crippen molar-refractivity contribution in [3.05, 3.63) is 95.3 Å². The van der Waals surface area contributed by atoms with Crippen molar-refractivity contribution in [1.82, 2.24) is 0 Å². The summed E-state index contributed by atoms with van der Waals surface area (Å²) in [5.74, 6) is -4.74. The molecule has 0 heterocycles. The first-order valence-electron chi connectivity index (χ1n) is 8.42. The van der Waals surface area contributed by atoms with Gasteiger partial charge in [0.05, 0.1) is 5.56 Å². The summed E-state index contributed by atoms with van der Waals surface area (Å²) in [4.78, 5) is 24.1. The van der Waals surface area contributed by atoms with Crippen LogP contribution < -0.4 is 15.8 Å². The molecule has 0 bridgehead atoms. The van der Waals surface area contributed by atoms with Gasteiger partial charge in [0.25, 0.3) is 11.8 Å². The molecule has 0 aliphatic carbocycles. The van der Waals surface area contributed by atoms with Crippen molar-refractivity contribution in [2.75, 3.05) is 5.32 Å². The molecule has 0 fully saturated rings. The molecule has 0 aliphatic rings. The maximum Gasteiger partial charge on any atom is 0.270 e. The lowest BCUT2D eigenvalue weighted by Crippen LogP contribution is -2.26. The highest BCUT2D eigenvalue weighted by Gasteiger charge is 2.24. The van der Waals surface area contributed by atoms with Crippen molar-refractivity contribution in [3.8, 4) is 5.75 Å². The minimum atomic E-state index is -1.23. The van der Waals surface area contributed by atoms with Gasteiger partial charge in [0, 0.05) is 17.3 Å². The Hall–Kier alpha value is -3.81. The fourth-order valence-electron chi connectivity index (χ4n) is 2.59. The van der Waals surface area contributed by atoms with Crippen LogP contribution in [0.2, 0.25) is 0 Å². The van der Waals surface area contributed by atoms with E-state index in [0.717, 1.165) is 24.3 Å². The summed E-state index contributed by atoms with van der Waals surface area (Å²) in [6.07, 6.45) is -1.23. The Morgan fingerprint density at radius 2 is 1.55 bits per heavy atom. The smallest absolute Gasteiger partial charge is 0.270 e. The van der Waals surface area contributed by atoms with E-state index < -0.39 is 35.4 Å². The number of ether oxygens (including phenoxy) is 1. The Morgan fingerprint density at radius 3 is 2.21 bits per heavy atom. The zero-order chi connectivity index (χ0) is 21.0. The van der Waals surface area contributed by atoms with Crippen molar-refractivity contribution in [2.24, 2.45) is 5.73 Å². The van der Waals surface area contributed by atoms with Gasteiger partial charge < -0.3 is 15.8 Å². The minimum Gasteiger partial charge on any atom is -0.476 e. The van der Waals surface area contributed by atoms with E-state index in [1.54, 1.807) is 30.3 Å². The van der Waals surface area contributed by atoms with Gasteiger partial charge in [0.15, 0.2) is 11.6 Å². The van der Waals surface area contributed by atoms with Crippen molar-refractivity contribution < 1.29 is 27.5 Å². The Labute approximate surface area is 163 Å². The minimum absolute atomic E-state index is 0.0650.